The van der Waals surface area contributed by atoms with Crippen molar-refractivity contribution >= 4 is 47.4 Å². The minimum absolute atomic E-state index is 0. The predicted octanol–water partition coefficient (Wildman–Crippen LogP) is 3.37. The predicted molar refractivity (Wildman–Crippen MR) is 123 cm³/mol. The van der Waals surface area contributed by atoms with Gasteiger partial charge in [0.2, 0.25) is 5.91 Å². The van der Waals surface area contributed by atoms with Crippen LogP contribution in [0.2, 0.25) is 5.02 Å². The molecule has 0 radical (unpaired) electrons. The standard InChI is InChI=1S/C20H25ClN4O.HI/c1-2-22-20(24-14-17-8-10-18(21)11-9-17)25-15-19(26)23-13-12-16-6-4-3-5-7-16;/h3-11H,2,12-15H2,1H3,(H,23,26)(H2,22,24,25);1H. The number of rotatable bonds is 8. The van der Waals surface area contributed by atoms with Crippen LogP contribution in [0.3, 0.4) is 0 Å². The molecule has 7 heteroatoms. The van der Waals surface area contributed by atoms with Gasteiger partial charge >= 0.3 is 0 Å². The van der Waals surface area contributed by atoms with Crippen LogP contribution in [-0.2, 0) is 17.8 Å². The fraction of sp³-hybridized carbons (Fsp3) is 0.300. The van der Waals surface area contributed by atoms with Gasteiger partial charge in [0, 0.05) is 18.1 Å². The number of guanidine groups is 1. The summed E-state index contributed by atoms with van der Waals surface area (Å²) in [5.41, 5.74) is 2.26. The molecule has 0 unspecified atom stereocenters. The van der Waals surface area contributed by atoms with Crippen LogP contribution in [0.1, 0.15) is 18.1 Å². The number of aliphatic imine (C=N–C) groups is 1. The van der Waals surface area contributed by atoms with Gasteiger partial charge in [0.1, 0.15) is 0 Å². The van der Waals surface area contributed by atoms with E-state index in [1.165, 1.54) is 5.56 Å². The molecular formula is C20H26ClIN4O. The second kappa shape index (κ2) is 13.4. The minimum atomic E-state index is -0.0574. The molecule has 0 aliphatic rings. The summed E-state index contributed by atoms with van der Waals surface area (Å²) in [6.07, 6.45) is 0.817. The number of hydrogen-bond donors (Lipinski definition) is 3. The SMILES string of the molecule is CCNC(=NCc1ccc(Cl)cc1)NCC(=O)NCCc1ccccc1.I. The second-order valence-corrected chi connectivity index (χ2v) is 6.20. The summed E-state index contributed by atoms with van der Waals surface area (Å²) in [4.78, 5) is 16.5. The van der Waals surface area contributed by atoms with Crippen molar-refractivity contribution in [2.24, 2.45) is 4.99 Å². The Morgan fingerprint density at radius 2 is 1.67 bits per heavy atom. The third-order valence-electron chi connectivity index (χ3n) is 3.67. The number of benzene rings is 2. The summed E-state index contributed by atoms with van der Waals surface area (Å²) in [5.74, 6) is 0.554. The first-order valence-corrected chi connectivity index (χ1v) is 9.12. The van der Waals surface area contributed by atoms with Gasteiger partial charge in [-0.05, 0) is 36.6 Å². The Bertz CT molecular complexity index is 708. The van der Waals surface area contributed by atoms with E-state index in [2.05, 4.69) is 33.1 Å². The second-order valence-electron chi connectivity index (χ2n) is 5.76. The Morgan fingerprint density at radius 1 is 0.963 bits per heavy atom. The Labute approximate surface area is 183 Å². The van der Waals surface area contributed by atoms with Crippen LogP contribution < -0.4 is 16.0 Å². The number of carbonyl (C=O) groups is 1. The highest BCUT2D eigenvalue weighted by Gasteiger charge is 2.03. The fourth-order valence-electron chi connectivity index (χ4n) is 2.32. The first-order chi connectivity index (χ1) is 12.7. The lowest BCUT2D eigenvalue weighted by Gasteiger charge is -2.11. The van der Waals surface area contributed by atoms with Crippen molar-refractivity contribution in [3.63, 3.8) is 0 Å². The van der Waals surface area contributed by atoms with Crippen molar-refractivity contribution in [1.29, 1.82) is 0 Å². The van der Waals surface area contributed by atoms with Gasteiger partial charge in [-0.15, -0.1) is 24.0 Å². The van der Waals surface area contributed by atoms with E-state index in [0.717, 1.165) is 18.5 Å². The van der Waals surface area contributed by atoms with Crippen LogP contribution in [0.25, 0.3) is 0 Å². The van der Waals surface area contributed by atoms with Crippen molar-refractivity contribution in [1.82, 2.24) is 16.0 Å². The van der Waals surface area contributed by atoms with Gasteiger partial charge in [0.15, 0.2) is 5.96 Å². The zero-order valence-corrected chi connectivity index (χ0v) is 18.5. The zero-order chi connectivity index (χ0) is 18.6. The molecule has 0 saturated carbocycles. The van der Waals surface area contributed by atoms with Gasteiger partial charge in [0.25, 0.3) is 0 Å². The first-order valence-electron chi connectivity index (χ1n) is 8.74. The fourth-order valence-corrected chi connectivity index (χ4v) is 2.45. The summed E-state index contributed by atoms with van der Waals surface area (Å²) in [6, 6.07) is 17.6. The molecule has 0 heterocycles. The maximum absolute atomic E-state index is 12.0. The van der Waals surface area contributed by atoms with Crippen molar-refractivity contribution < 1.29 is 4.79 Å². The number of hydrogen-bond acceptors (Lipinski definition) is 2. The number of nitrogens with one attached hydrogen (secondary N) is 3. The van der Waals surface area contributed by atoms with Crippen LogP contribution in [0.4, 0.5) is 0 Å². The molecule has 2 aromatic rings. The summed E-state index contributed by atoms with van der Waals surface area (Å²) < 4.78 is 0. The molecule has 0 aliphatic carbocycles. The number of halogens is 2. The lowest BCUT2D eigenvalue weighted by Crippen LogP contribution is -2.43. The monoisotopic (exact) mass is 500 g/mol. The Hall–Kier alpha value is -1.80. The van der Waals surface area contributed by atoms with Crippen LogP contribution in [0, 0.1) is 0 Å². The highest BCUT2D eigenvalue weighted by Crippen LogP contribution is 2.10. The average molecular weight is 501 g/mol. The molecule has 0 bridgehead atoms. The minimum Gasteiger partial charge on any atom is -0.357 e. The molecule has 0 saturated heterocycles. The van der Waals surface area contributed by atoms with E-state index >= 15 is 0 Å². The van der Waals surface area contributed by atoms with Crippen LogP contribution in [0.5, 0.6) is 0 Å². The van der Waals surface area contributed by atoms with Crippen molar-refractivity contribution in [3.05, 3.63) is 70.7 Å². The summed E-state index contributed by atoms with van der Waals surface area (Å²) in [6.45, 7) is 4.02. The molecule has 2 aromatic carbocycles. The van der Waals surface area contributed by atoms with Crippen molar-refractivity contribution in [3.8, 4) is 0 Å². The molecule has 0 aromatic heterocycles. The van der Waals surface area contributed by atoms with Crippen LogP contribution >= 0.6 is 35.6 Å². The van der Waals surface area contributed by atoms with Gasteiger partial charge < -0.3 is 16.0 Å². The van der Waals surface area contributed by atoms with Gasteiger partial charge in [-0.1, -0.05) is 54.1 Å². The Morgan fingerprint density at radius 3 is 2.33 bits per heavy atom. The van der Waals surface area contributed by atoms with E-state index in [1.807, 2.05) is 49.4 Å². The molecule has 3 N–H and O–H groups in total. The molecule has 1 amide bonds. The first kappa shape index (κ1) is 23.2. The molecule has 5 nitrogen and oxygen atoms in total. The van der Waals surface area contributed by atoms with Crippen LogP contribution in [0.15, 0.2) is 59.6 Å². The molecule has 2 rings (SSSR count). The van der Waals surface area contributed by atoms with E-state index in [4.69, 9.17) is 11.6 Å². The normalized spacial score (nSPS) is 10.7. The Balaban J connectivity index is 0.00000364. The maximum atomic E-state index is 12.0. The Kier molecular flexibility index (Phi) is 11.5. The third kappa shape index (κ3) is 9.63. The summed E-state index contributed by atoms with van der Waals surface area (Å²) >= 11 is 5.88. The third-order valence-corrected chi connectivity index (χ3v) is 3.92. The maximum Gasteiger partial charge on any atom is 0.239 e. The summed E-state index contributed by atoms with van der Waals surface area (Å²) in [5, 5.41) is 9.80. The van der Waals surface area contributed by atoms with Gasteiger partial charge in [-0.25, -0.2) is 4.99 Å². The number of carbonyl (C=O) groups excluding carboxylic acids is 1. The average Bonchev–Trinajstić information content (AvgIpc) is 2.66. The van der Waals surface area contributed by atoms with Gasteiger partial charge in [0.05, 0.1) is 13.1 Å². The highest BCUT2D eigenvalue weighted by atomic mass is 127. The molecule has 27 heavy (non-hydrogen) atoms. The van der Waals surface area contributed by atoms with E-state index < -0.39 is 0 Å². The quantitative estimate of drug-likeness (QED) is 0.296. The molecule has 0 aliphatic heterocycles. The van der Waals surface area contributed by atoms with Crippen molar-refractivity contribution in [2.45, 2.75) is 19.9 Å². The van der Waals surface area contributed by atoms with Gasteiger partial charge in [-0.2, -0.15) is 0 Å². The van der Waals surface area contributed by atoms with Crippen LogP contribution in [-0.4, -0.2) is 31.5 Å². The molecular weight excluding hydrogens is 475 g/mol. The number of nitrogens with zero attached hydrogens (tertiary/aromatic N) is 1. The van der Waals surface area contributed by atoms with E-state index in [1.54, 1.807) is 0 Å². The molecule has 0 fully saturated rings. The highest BCUT2D eigenvalue weighted by molar-refractivity contribution is 14.0. The molecule has 0 spiro atoms. The topological polar surface area (TPSA) is 65.5 Å². The lowest BCUT2D eigenvalue weighted by atomic mass is 10.1. The van der Waals surface area contributed by atoms with Crippen molar-refractivity contribution in [2.75, 3.05) is 19.6 Å². The van der Waals surface area contributed by atoms with E-state index in [9.17, 15) is 4.79 Å². The number of amides is 1. The van der Waals surface area contributed by atoms with E-state index in [0.29, 0.717) is 24.1 Å². The zero-order valence-electron chi connectivity index (χ0n) is 15.4. The molecule has 146 valence electrons. The van der Waals surface area contributed by atoms with Gasteiger partial charge in [-0.3, -0.25) is 4.79 Å². The largest absolute Gasteiger partial charge is 0.357 e. The van der Waals surface area contributed by atoms with E-state index in [-0.39, 0.29) is 36.4 Å². The molecule has 0 atom stereocenters. The summed E-state index contributed by atoms with van der Waals surface area (Å²) in [7, 11) is 0. The smallest absolute Gasteiger partial charge is 0.239 e. The lowest BCUT2D eigenvalue weighted by molar-refractivity contribution is -0.119.